The highest BCUT2D eigenvalue weighted by molar-refractivity contribution is 7.99. The van der Waals surface area contributed by atoms with Crippen LogP contribution in [-0.2, 0) is 9.53 Å². The Kier molecular flexibility index (Phi) is 7.79. The number of carbonyl (C=O) groups is 2. The summed E-state index contributed by atoms with van der Waals surface area (Å²) in [4.78, 5) is 40.0. The summed E-state index contributed by atoms with van der Waals surface area (Å²) in [5, 5.41) is 6.88. The summed E-state index contributed by atoms with van der Waals surface area (Å²) in [6.07, 6.45) is 2.66. The highest BCUT2D eigenvalue weighted by atomic mass is 32.2. The van der Waals surface area contributed by atoms with Crippen molar-refractivity contribution in [2.75, 3.05) is 55.9 Å². The summed E-state index contributed by atoms with van der Waals surface area (Å²) in [6, 6.07) is 7.95. The van der Waals surface area contributed by atoms with E-state index in [0.717, 1.165) is 56.0 Å². The number of carbonyl (C=O) groups excluding carboxylic acids is 2. The SMILES string of the molecule is COC(=O)c1c(NC2CC(C)NN2)nc(Sc2ccc(NC(=O)C3CC3)cc2)nc1N1CCN(C)CC1. The molecule has 2 unspecified atom stereocenters. The number of hydrogen-bond acceptors (Lipinski definition) is 11. The summed E-state index contributed by atoms with van der Waals surface area (Å²) in [5.41, 5.74) is 7.53. The fraction of sp³-hybridized carbons (Fsp3) is 0.520. The molecule has 1 aromatic carbocycles. The molecule has 3 fully saturated rings. The first-order valence-electron chi connectivity index (χ1n) is 12.7. The number of anilines is 3. The van der Waals surface area contributed by atoms with E-state index in [-0.39, 0.29) is 24.0 Å². The zero-order chi connectivity index (χ0) is 25.9. The van der Waals surface area contributed by atoms with E-state index in [0.29, 0.717) is 22.4 Å². The first kappa shape index (κ1) is 25.7. The Morgan fingerprint density at radius 3 is 2.43 bits per heavy atom. The second-order valence-electron chi connectivity index (χ2n) is 9.85. The van der Waals surface area contributed by atoms with E-state index >= 15 is 0 Å². The van der Waals surface area contributed by atoms with Crippen LogP contribution in [0.25, 0.3) is 0 Å². The Labute approximate surface area is 221 Å². The number of hydrazine groups is 1. The number of benzene rings is 1. The lowest BCUT2D eigenvalue weighted by Crippen LogP contribution is -2.45. The molecule has 11 nitrogen and oxygen atoms in total. The molecule has 1 amide bonds. The van der Waals surface area contributed by atoms with Crippen LogP contribution in [0.2, 0.25) is 0 Å². The van der Waals surface area contributed by atoms with E-state index in [1.807, 2.05) is 24.3 Å². The molecule has 12 heteroatoms. The van der Waals surface area contributed by atoms with Gasteiger partial charge in [0.1, 0.15) is 17.2 Å². The lowest BCUT2D eigenvalue weighted by atomic mass is 10.2. The van der Waals surface area contributed by atoms with Gasteiger partial charge < -0.3 is 25.2 Å². The number of nitrogens with zero attached hydrogens (tertiary/aromatic N) is 4. The lowest BCUT2D eigenvalue weighted by molar-refractivity contribution is -0.117. The summed E-state index contributed by atoms with van der Waals surface area (Å²) < 4.78 is 5.17. The third kappa shape index (κ3) is 6.32. The number of esters is 1. The molecule has 2 saturated heterocycles. The third-order valence-corrected chi connectivity index (χ3v) is 7.62. The number of piperazine rings is 1. The second kappa shape index (κ2) is 11.2. The third-order valence-electron chi connectivity index (χ3n) is 6.75. The number of aromatic nitrogens is 2. The van der Waals surface area contributed by atoms with Gasteiger partial charge in [0.2, 0.25) is 5.91 Å². The maximum absolute atomic E-state index is 13.0. The van der Waals surface area contributed by atoms with Crippen LogP contribution in [0.4, 0.5) is 17.3 Å². The van der Waals surface area contributed by atoms with Crippen molar-refractivity contribution in [3.8, 4) is 0 Å². The second-order valence-corrected chi connectivity index (χ2v) is 10.9. The van der Waals surface area contributed by atoms with Crippen molar-refractivity contribution in [1.82, 2.24) is 25.7 Å². The molecule has 37 heavy (non-hydrogen) atoms. The number of ether oxygens (including phenoxy) is 1. The molecule has 0 bridgehead atoms. The molecule has 1 saturated carbocycles. The minimum Gasteiger partial charge on any atom is -0.465 e. The molecule has 0 spiro atoms. The molecule has 5 rings (SSSR count). The van der Waals surface area contributed by atoms with Gasteiger partial charge in [-0.25, -0.2) is 20.2 Å². The Balaban J connectivity index is 1.44. The van der Waals surface area contributed by atoms with Gasteiger partial charge in [-0.15, -0.1) is 0 Å². The van der Waals surface area contributed by atoms with Crippen molar-refractivity contribution in [2.24, 2.45) is 5.92 Å². The predicted octanol–water partition coefficient (Wildman–Crippen LogP) is 2.14. The predicted molar refractivity (Wildman–Crippen MR) is 143 cm³/mol. The van der Waals surface area contributed by atoms with Crippen LogP contribution in [0.1, 0.15) is 36.5 Å². The van der Waals surface area contributed by atoms with Crippen molar-refractivity contribution in [3.05, 3.63) is 29.8 Å². The molecule has 0 radical (unpaired) electrons. The van der Waals surface area contributed by atoms with Crippen LogP contribution in [0.15, 0.2) is 34.3 Å². The van der Waals surface area contributed by atoms with E-state index in [9.17, 15) is 9.59 Å². The van der Waals surface area contributed by atoms with E-state index < -0.39 is 5.97 Å². The fourth-order valence-corrected chi connectivity index (χ4v) is 5.14. The molecule has 1 aliphatic carbocycles. The molecule has 4 N–H and O–H groups in total. The molecule has 2 atom stereocenters. The van der Waals surface area contributed by atoms with Crippen LogP contribution < -0.4 is 26.4 Å². The van der Waals surface area contributed by atoms with Crippen molar-refractivity contribution in [1.29, 1.82) is 0 Å². The number of amides is 1. The molecule has 198 valence electrons. The highest BCUT2D eigenvalue weighted by Gasteiger charge is 2.31. The van der Waals surface area contributed by atoms with E-state index in [1.165, 1.54) is 18.9 Å². The van der Waals surface area contributed by atoms with Gasteiger partial charge in [0.05, 0.1) is 13.3 Å². The normalized spacial score (nSPS) is 22.1. The van der Waals surface area contributed by atoms with Gasteiger partial charge in [0.15, 0.2) is 5.16 Å². The Hall–Kier alpha value is -2.93. The van der Waals surface area contributed by atoms with Gasteiger partial charge >= 0.3 is 5.97 Å². The first-order chi connectivity index (χ1) is 17.9. The maximum Gasteiger partial charge on any atom is 0.345 e. The lowest BCUT2D eigenvalue weighted by Gasteiger charge is -2.34. The Morgan fingerprint density at radius 2 is 1.81 bits per heavy atom. The minimum atomic E-state index is -0.470. The van der Waals surface area contributed by atoms with Gasteiger partial charge in [-0.3, -0.25) is 10.2 Å². The van der Waals surface area contributed by atoms with Crippen LogP contribution in [0.5, 0.6) is 0 Å². The largest absolute Gasteiger partial charge is 0.465 e. The molecule has 2 aromatic rings. The van der Waals surface area contributed by atoms with Crippen LogP contribution in [0.3, 0.4) is 0 Å². The van der Waals surface area contributed by atoms with Crippen molar-refractivity contribution in [3.63, 3.8) is 0 Å². The topological polar surface area (TPSA) is 124 Å². The van der Waals surface area contributed by atoms with Gasteiger partial charge in [-0.05, 0) is 69.3 Å². The van der Waals surface area contributed by atoms with Crippen molar-refractivity contribution in [2.45, 2.75) is 48.4 Å². The number of likely N-dealkylation sites (N-methyl/N-ethyl adjacent to an activating group) is 1. The summed E-state index contributed by atoms with van der Waals surface area (Å²) in [6.45, 7) is 5.32. The molecule has 3 heterocycles. The average Bonchev–Trinajstić information content (AvgIpc) is 3.67. The number of rotatable bonds is 8. The minimum absolute atomic E-state index is 0.0824. The monoisotopic (exact) mass is 526 g/mol. The molecular weight excluding hydrogens is 492 g/mol. The first-order valence-corrected chi connectivity index (χ1v) is 13.5. The zero-order valence-electron chi connectivity index (χ0n) is 21.4. The van der Waals surface area contributed by atoms with Gasteiger partial charge in [0.25, 0.3) is 0 Å². The summed E-state index contributed by atoms with van der Waals surface area (Å²) in [5.74, 6) is 0.788. The molecule has 3 aliphatic rings. The molecular formula is C25H34N8O3S. The van der Waals surface area contributed by atoms with Crippen molar-refractivity contribution >= 4 is 41.0 Å². The van der Waals surface area contributed by atoms with Crippen LogP contribution in [0, 0.1) is 5.92 Å². The maximum atomic E-state index is 13.0. The zero-order valence-corrected chi connectivity index (χ0v) is 22.2. The average molecular weight is 527 g/mol. The standard InChI is InChI=1S/C25H34N8O3S/c1-15-14-19(31-30-15)27-21-20(24(35)36-3)22(33-12-10-32(2)11-13-33)29-25(28-21)37-18-8-6-17(7-9-18)26-23(34)16-4-5-16/h6-9,15-16,19,30-31H,4-5,10-14H2,1-3H3,(H,26,34)(H,27,28,29). The van der Waals surface area contributed by atoms with Gasteiger partial charge in [0, 0.05) is 48.7 Å². The van der Waals surface area contributed by atoms with E-state index in [4.69, 9.17) is 14.7 Å². The van der Waals surface area contributed by atoms with E-state index in [1.54, 1.807) is 0 Å². The van der Waals surface area contributed by atoms with Crippen molar-refractivity contribution < 1.29 is 14.3 Å². The summed E-state index contributed by atoms with van der Waals surface area (Å²) in [7, 11) is 3.47. The number of hydrogen-bond donors (Lipinski definition) is 4. The van der Waals surface area contributed by atoms with Gasteiger partial charge in [-0.1, -0.05) is 0 Å². The van der Waals surface area contributed by atoms with Crippen LogP contribution >= 0.6 is 11.8 Å². The Morgan fingerprint density at radius 1 is 1.08 bits per heavy atom. The Bertz CT molecular complexity index is 1140. The molecule has 2 aliphatic heterocycles. The number of methoxy groups -OCH3 is 1. The smallest absolute Gasteiger partial charge is 0.345 e. The highest BCUT2D eigenvalue weighted by Crippen LogP contribution is 2.34. The van der Waals surface area contributed by atoms with E-state index in [2.05, 4.69) is 45.3 Å². The quantitative estimate of drug-likeness (QED) is 0.299. The van der Waals surface area contributed by atoms with Crippen LogP contribution in [-0.4, -0.2) is 79.3 Å². The molecule has 1 aromatic heterocycles. The number of nitrogens with one attached hydrogen (secondary N) is 4. The fourth-order valence-electron chi connectivity index (χ4n) is 4.39. The summed E-state index contributed by atoms with van der Waals surface area (Å²) >= 11 is 1.41. The van der Waals surface area contributed by atoms with Gasteiger partial charge in [-0.2, -0.15) is 0 Å².